The van der Waals surface area contributed by atoms with Crippen molar-refractivity contribution < 1.29 is 9.13 Å². The van der Waals surface area contributed by atoms with Crippen LogP contribution in [0.2, 0.25) is 0 Å². The van der Waals surface area contributed by atoms with Gasteiger partial charge in [0.1, 0.15) is 5.60 Å². The Bertz CT molecular complexity index is 355. The third-order valence-electron chi connectivity index (χ3n) is 1.73. The van der Waals surface area contributed by atoms with E-state index in [-0.39, 0.29) is 12.2 Å². The Kier molecular flexibility index (Phi) is 3.08. The summed E-state index contributed by atoms with van der Waals surface area (Å²) in [6, 6.07) is 8.17. The summed E-state index contributed by atoms with van der Waals surface area (Å²) in [6.07, 6.45) is 0.224. The summed E-state index contributed by atoms with van der Waals surface area (Å²) in [6.45, 7) is 3.51. The van der Waals surface area contributed by atoms with Crippen LogP contribution in [0.15, 0.2) is 24.3 Å². The first kappa shape index (κ1) is 10.5. The topological polar surface area (TPSA) is 33.0 Å². The van der Waals surface area contributed by atoms with Crippen molar-refractivity contribution in [1.82, 2.24) is 0 Å². The van der Waals surface area contributed by atoms with Crippen LogP contribution in [-0.2, 0) is 0 Å². The second-order valence-corrected chi connectivity index (χ2v) is 3.63. The molecule has 0 heterocycles. The lowest BCUT2D eigenvalue weighted by molar-refractivity contribution is 0.109. The van der Waals surface area contributed by atoms with Gasteiger partial charge >= 0.3 is 0 Å². The van der Waals surface area contributed by atoms with Crippen molar-refractivity contribution in [2.45, 2.75) is 25.9 Å². The van der Waals surface area contributed by atoms with Crippen LogP contribution in [-0.4, -0.2) is 5.60 Å². The maximum Gasteiger partial charge on any atom is 0.165 e. The molecule has 74 valence electrons. The monoisotopic (exact) mass is 193 g/mol. The van der Waals surface area contributed by atoms with Gasteiger partial charge in [0.25, 0.3) is 0 Å². The number of benzene rings is 1. The third-order valence-corrected chi connectivity index (χ3v) is 1.73. The Morgan fingerprint density at radius 1 is 1.43 bits per heavy atom. The highest BCUT2D eigenvalue weighted by Gasteiger charge is 2.20. The number of para-hydroxylation sites is 1. The fraction of sp³-hybridized carbons (Fsp3) is 0.364. The maximum atomic E-state index is 13.2. The molecule has 0 atom stereocenters. The smallest absolute Gasteiger partial charge is 0.165 e. The minimum absolute atomic E-state index is 0.188. The normalized spacial score (nSPS) is 10.7. The lowest BCUT2D eigenvalue weighted by Crippen LogP contribution is -2.27. The van der Waals surface area contributed by atoms with Crippen molar-refractivity contribution in [3.8, 4) is 11.8 Å². The number of hydrogen-bond donors (Lipinski definition) is 0. The van der Waals surface area contributed by atoms with Crippen molar-refractivity contribution in [2.24, 2.45) is 0 Å². The molecule has 0 saturated heterocycles. The van der Waals surface area contributed by atoms with E-state index in [4.69, 9.17) is 10.00 Å². The highest BCUT2D eigenvalue weighted by atomic mass is 19.1. The SMILES string of the molecule is CC(C)(CC#N)Oc1ccccc1F. The van der Waals surface area contributed by atoms with Gasteiger partial charge in [0.2, 0.25) is 0 Å². The van der Waals surface area contributed by atoms with Crippen LogP contribution in [0.4, 0.5) is 4.39 Å². The molecule has 0 aliphatic heterocycles. The molecular weight excluding hydrogens is 181 g/mol. The average molecular weight is 193 g/mol. The van der Waals surface area contributed by atoms with Gasteiger partial charge in [0, 0.05) is 0 Å². The minimum atomic E-state index is -0.656. The highest BCUT2D eigenvalue weighted by molar-refractivity contribution is 5.24. The summed E-state index contributed by atoms with van der Waals surface area (Å²) in [5, 5.41) is 8.53. The molecule has 0 aromatic heterocycles. The van der Waals surface area contributed by atoms with Crippen LogP contribution >= 0.6 is 0 Å². The highest BCUT2D eigenvalue weighted by Crippen LogP contribution is 2.23. The molecule has 0 saturated carbocycles. The molecule has 0 spiro atoms. The zero-order chi connectivity index (χ0) is 10.6. The molecular formula is C11H12FNO. The molecule has 0 unspecified atom stereocenters. The van der Waals surface area contributed by atoms with Crippen molar-refractivity contribution in [3.05, 3.63) is 30.1 Å². The Balaban J connectivity index is 2.79. The molecule has 1 aromatic carbocycles. The lowest BCUT2D eigenvalue weighted by atomic mass is 10.1. The molecule has 2 nitrogen and oxygen atoms in total. The van der Waals surface area contributed by atoms with E-state index in [1.165, 1.54) is 6.07 Å². The van der Waals surface area contributed by atoms with Crippen LogP contribution in [0, 0.1) is 17.1 Å². The van der Waals surface area contributed by atoms with Crippen molar-refractivity contribution in [2.75, 3.05) is 0 Å². The van der Waals surface area contributed by atoms with E-state index in [0.717, 1.165) is 0 Å². The summed E-state index contributed by atoms with van der Waals surface area (Å²) in [5.74, 6) is -0.216. The van der Waals surface area contributed by atoms with Crippen LogP contribution < -0.4 is 4.74 Å². The average Bonchev–Trinajstić information content (AvgIpc) is 2.08. The molecule has 0 amide bonds. The van der Waals surface area contributed by atoms with E-state index in [9.17, 15) is 4.39 Å². The molecule has 0 bridgehead atoms. The minimum Gasteiger partial charge on any atom is -0.484 e. The quantitative estimate of drug-likeness (QED) is 0.739. The summed E-state index contributed by atoms with van der Waals surface area (Å²) in [7, 11) is 0. The van der Waals surface area contributed by atoms with E-state index in [1.54, 1.807) is 32.0 Å². The summed E-state index contributed by atoms with van der Waals surface area (Å²) < 4.78 is 18.5. The van der Waals surface area contributed by atoms with Gasteiger partial charge in [-0.2, -0.15) is 5.26 Å². The number of rotatable bonds is 3. The second kappa shape index (κ2) is 4.10. The molecule has 1 aromatic rings. The van der Waals surface area contributed by atoms with Crippen LogP contribution in [0.3, 0.4) is 0 Å². The standard InChI is InChI=1S/C11H12FNO/c1-11(2,7-8-13)14-10-6-4-3-5-9(10)12/h3-6H,7H2,1-2H3. The number of nitriles is 1. The van der Waals surface area contributed by atoms with E-state index in [0.29, 0.717) is 0 Å². The number of hydrogen-bond acceptors (Lipinski definition) is 2. The Morgan fingerprint density at radius 2 is 2.07 bits per heavy atom. The van der Waals surface area contributed by atoms with Gasteiger partial charge in [-0.25, -0.2) is 4.39 Å². The lowest BCUT2D eigenvalue weighted by Gasteiger charge is -2.23. The van der Waals surface area contributed by atoms with Crippen LogP contribution in [0.5, 0.6) is 5.75 Å². The maximum absolute atomic E-state index is 13.2. The Labute approximate surface area is 82.9 Å². The van der Waals surface area contributed by atoms with Crippen molar-refractivity contribution >= 4 is 0 Å². The molecule has 1 rings (SSSR count). The Hall–Kier alpha value is -1.56. The van der Waals surface area contributed by atoms with E-state index in [1.807, 2.05) is 6.07 Å². The van der Waals surface area contributed by atoms with Gasteiger partial charge in [-0.05, 0) is 26.0 Å². The summed E-state index contributed by atoms with van der Waals surface area (Å²) >= 11 is 0. The molecule has 0 aliphatic rings. The first-order valence-corrected chi connectivity index (χ1v) is 4.36. The zero-order valence-corrected chi connectivity index (χ0v) is 8.25. The van der Waals surface area contributed by atoms with E-state index < -0.39 is 11.4 Å². The number of nitrogens with zero attached hydrogens (tertiary/aromatic N) is 1. The van der Waals surface area contributed by atoms with Gasteiger partial charge in [0.15, 0.2) is 11.6 Å². The van der Waals surface area contributed by atoms with Crippen molar-refractivity contribution in [3.63, 3.8) is 0 Å². The number of halogens is 1. The van der Waals surface area contributed by atoms with Gasteiger partial charge in [-0.1, -0.05) is 12.1 Å². The van der Waals surface area contributed by atoms with Gasteiger partial charge in [-0.3, -0.25) is 0 Å². The summed E-state index contributed by atoms with van der Waals surface area (Å²) in [4.78, 5) is 0. The van der Waals surface area contributed by atoms with Gasteiger partial charge in [0.05, 0.1) is 12.5 Å². The predicted molar refractivity (Wildman–Crippen MR) is 51.3 cm³/mol. The van der Waals surface area contributed by atoms with Gasteiger partial charge in [-0.15, -0.1) is 0 Å². The first-order valence-electron chi connectivity index (χ1n) is 4.36. The molecule has 0 fully saturated rings. The van der Waals surface area contributed by atoms with Gasteiger partial charge < -0.3 is 4.74 Å². The fourth-order valence-electron chi connectivity index (χ4n) is 1.05. The largest absolute Gasteiger partial charge is 0.484 e. The van der Waals surface area contributed by atoms with Crippen molar-refractivity contribution in [1.29, 1.82) is 5.26 Å². The zero-order valence-electron chi connectivity index (χ0n) is 8.25. The Morgan fingerprint density at radius 3 is 2.64 bits per heavy atom. The predicted octanol–water partition coefficient (Wildman–Crippen LogP) is 2.90. The van der Waals surface area contributed by atoms with E-state index in [2.05, 4.69) is 0 Å². The number of ether oxygens (including phenoxy) is 1. The molecule has 0 N–H and O–H groups in total. The molecule has 3 heteroatoms. The van der Waals surface area contributed by atoms with Crippen LogP contribution in [0.25, 0.3) is 0 Å². The van der Waals surface area contributed by atoms with E-state index >= 15 is 0 Å². The third kappa shape index (κ3) is 2.74. The first-order chi connectivity index (χ1) is 6.55. The summed E-state index contributed by atoms with van der Waals surface area (Å²) in [5.41, 5.74) is -0.656. The second-order valence-electron chi connectivity index (χ2n) is 3.63. The molecule has 0 aliphatic carbocycles. The molecule has 14 heavy (non-hydrogen) atoms. The van der Waals surface area contributed by atoms with Crippen LogP contribution in [0.1, 0.15) is 20.3 Å². The molecule has 0 radical (unpaired) electrons. The fourth-order valence-corrected chi connectivity index (χ4v) is 1.05.